The Hall–Kier alpha value is -2.04. The fourth-order valence-corrected chi connectivity index (χ4v) is 2.51. The zero-order chi connectivity index (χ0) is 14.9. The third-order valence-electron chi connectivity index (χ3n) is 3.79. The van der Waals surface area contributed by atoms with Crippen LogP contribution in [0.25, 0.3) is 17.2 Å². The SMILES string of the molecule is C=C=Cc1ccc(-c2ccc(CCCCCC)cc2)cc1. The largest absolute Gasteiger partial charge is 0.128 e. The van der Waals surface area contributed by atoms with E-state index in [4.69, 9.17) is 0 Å². The van der Waals surface area contributed by atoms with Crippen molar-refractivity contribution in [3.8, 4) is 11.1 Å². The highest BCUT2D eigenvalue weighted by Gasteiger charge is 1.99. The summed E-state index contributed by atoms with van der Waals surface area (Å²) in [5.74, 6) is 0. The van der Waals surface area contributed by atoms with Crippen LogP contribution in [-0.2, 0) is 6.42 Å². The van der Waals surface area contributed by atoms with E-state index in [9.17, 15) is 0 Å². The molecule has 0 amide bonds. The van der Waals surface area contributed by atoms with Crippen molar-refractivity contribution in [3.05, 3.63) is 72.0 Å². The molecule has 0 atom stereocenters. The Morgan fingerprint density at radius 1 is 0.857 bits per heavy atom. The van der Waals surface area contributed by atoms with Crippen LogP contribution in [0.4, 0.5) is 0 Å². The lowest BCUT2D eigenvalue weighted by molar-refractivity contribution is 0.667. The minimum absolute atomic E-state index is 1.14. The summed E-state index contributed by atoms with van der Waals surface area (Å²) in [5.41, 5.74) is 7.93. The first-order chi connectivity index (χ1) is 10.3. The van der Waals surface area contributed by atoms with Gasteiger partial charge in [-0.05, 0) is 41.2 Å². The molecule has 0 aliphatic heterocycles. The second-order valence-electron chi connectivity index (χ2n) is 5.48. The molecule has 2 aromatic carbocycles. The normalized spacial score (nSPS) is 10.1. The van der Waals surface area contributed by atoms with Gasteiger partial charge in [0.1, 0.15) is 0 Å². The summed E-state index contributed by atoms with van der Waals surface area (Å²) in [7, 11) is 0. The second-order valence-corrected chi connectivity index (χ2v) is 5.48. The molecule has 0 fully saturated rings. The standard InChI is InChI=1S/C21H24/c1-3-5-6-7-9-19-12-16-21(17-13-19)20-14-10-18(8-4-2)11-15-20/h8,10-17H,2-3,5-7,9H2,1H3. The summed E-state index contributed by atoms with van der Waals surface area (Å²) in [6.07, 6.45) is 8.39. The highest BCUT2D eigenvalue weighted by Crippen LogP contribution is 2.21. The number of benzene rings is 2. The molecule has 0 aromatic heterocycles. The monoisotopic (exact) mass is 276 g/mol. The molecule has 0 aliphatic carbocycles. The van der Waals surface area contributed by atoms with Gasteiger partial charge >= 0.3 is 0 Å². The minimum Gasteiger partial charge on any atom is -0.128 e. The van der Waals surface area contributed by atoms with Gasteiger partial charge in [-0.2, -0.15) is 0 Å². The van der Waals surface area contributed by atoms with Crippen molar-refractivity contribution < 1.29 is 0 Å². The van der Waals surface area contributed by atoms with Crippen molar-refractivity contribution in [1.82, 2.24) is 0 Å². The number of hydrogen-bond donors (Lipinski definition) is 0. The lowest BCUT2D eigenvalue weighted by atomic mass is 10.0. The van der Waals surface area contributed by atoms with Gasteiger partial charge in [-0.15, -0.1) is 5.73 Å². The van der Waals surface area contributed by atoms with Crippen LogP contribution in [-0.4, -0.2) is 0 Å². The van der Waals surface area contributed by atoms with Gasteiger partial charge in [0.25, 0.3) is 0 Å². The molecule has 0 N–H and O–H groups in total. The van der Waals surface area contributed by atoms with Gasteiger partial charge in [0.2, 0.25) is 0 Å². The quantitative estimate of drug-likeness (QED) is 0.412. The Kier molecular flexibility index (Phi) is 6.06. The third-order valence-corrected chi connectivity index (χ3v) is 3.79. The van der Waals surface area contributed by atoms with Crippen molar-refractivity contribution in [2.24, 2.45) is 0 Å². The molecule has 0 saturated heterocycles. The molecule has 108 valence electrons. The molecule has 0 spiro atoms. The van der Waals surface area contributed by atoms with Crippen molar-refractivity contribution >= 4 is 6.08 Å². The average Bonchev–Trinajstić information content (AvgIpc) is 2.53. The van der Waals surface area contributed by atoms with Crippen LogP contribution < -0.4 is 0 Å². The molecule has 0 radical (unpaired) electrons. The summed E-state index contributed by atoms with van der Waals surface area (Å²) < 4.78 is 0. The van der Waals surface area contributed by atoms with E-state index in [1.165, 1.54) is 48.8 Å². The van der Waals surface area contributed by atoms with Crippen LogP contribution in [0.15, 0.2) is 60.8 Å². The Morgan fingerprint density at radius 3 is 2.05 bits per heavy atom. The Morgan fingerprint density at radius 2 is 1.48 bits per heavy atom. The van der Waals surface area contributed by atoms with Crippen molar-refractivity contribution in [3.63, 3.8) is 0 Å². The van der Waals surface area contributed by atoms with Gasteiger partial charge < -0.3 is 0 Å². The van der Waals surface area contributed by atoms with E-state index in [1.807, 2.05) is 6.08 Å². The third kappa shape index (κ3) is 4.77. The van der Waals surface area contributed by atoms with Gasteiger partial charge in [0, 0.05) is 0 Å². The molecule has 0 aliphatic rings. The van der Waals surface area contributed by atoms with Crippen molar-refractivity contribution in [1.29, 1.82) is 0 Å². The fourth-order valence-electron chi connectivity index (χ4n) is 2.51. The summed E-state index contributed by atoms with van der Waals surface area (Å²) in [4.78, 5) is 0. The molecule has 0 bridgehead atoms. The summed E-state index contributed by atoms with van der Waals surface area (Å²) in [6.45, 7) is 5.86. The molecular formula is C21H24. The Balaban J connectivity index is 1.99. The van der Waals surface area contributed by atoms with E-state index in [0.29, 0.717) is 0 Å². The van der Waals surface area contributed by atoms with Crippen LogP contribution in [0.5, 0.6) is 0 Å². The van der Waals surface area contributed by atoms with Crippen LogP contribution in [0.1, 0.15) is 43.7 Å². The highest BCUT2D eigenvalue weighted by atomic mass is 14.0. The molecular weight excluding hydrogens is 252 g/mol. The van der Waals surface area contributed by atoms with Crippen molar-refractivity contribution in [2.45, 2.75) is 39.0 Å². The van der Waals surface area contributed by atoms with Crippen LogP contribution >= 0.6 is 0 Å². The topological polar surface area (TPSA) is 0 Å². The van der Waals surface area contributed by atoms with Crippen LogP contribution in [0.2, 0.25) is 0 Å². The Labute approximate surface area is 128 Å². The number of aryl methyl sites for hydroxylation is 1. The summed E-state index contributed by atoms with van der Waals surface area (Å²) in [5, 5.41) is 0. The van der Waals surface area contributed by atoms with Crippen LogP contribution in [0, 0.1) is 0 Å². The van der Waals surface area contributed by atoms with E-state index in [-0.39, 0.29) is 0 Å². The zero-order valence-electron chi connectivity index (χ0n) is 12.9. The van der Waals surface area contributed by atoms with Gasteiger partial charge in [-0.1, -0.05) is 81.3 Å². The van der Waals surface area contributed by atoms with E-state index < -0.39 is 0 Å². The lowest BCUT2D eigenvalue weighted by Gasteiger charge is -2.05. The predicted molar refractivity (Wildman–Crippen MR) is 93.3 cm³/mol. The second kappa shape index (κ2) is 8.29. The zero-order valence-corrected chi connectivity index (χ0v) is 12.9. The van der Waals surface area contributed by atoms with Crippen LogP contribution in [0.3, 0.4) is 0 Å². The van der Waals surface area contributed by atoms with Gasteiger partial charge in [-0.25, -0.2) is 0 Å². The maximum Gasteiger partial charge on any atom is -0.0133 e. The molecule has 0 saturated carbocycles. The number of rotatable bonds is 7. The number of unbranched alkanes of at least 4 members (excludes halogenated alkanes) is 3. The lowest BCUT2D eigenvalue weighted by Crippen LogP contribution is -1.86. The van der Waals surface area contributed by atoms with E-state index in [2.05, 4.69) is 67.8 Å². The summed E-state index contributed by atoms with van der Waals surface area (Å²) >= 11 is 0. The predicted octanol–water partition coefficient (Wildman–Crippen LogP) is 6.27. The van der Waals surface area contributed by atoms with Gasteiger partial charge in [-0.3, -0.25) is 0 Å². The Bertz CT molecular complexity index is 581. The molecule has 0 unspecified atom stereocenters. The molecule has 0 heterocycles. The van der Waals surface area contributed by atoms with E-state index in [1.54, 1.807) is 0 Å². The molecule has 2 rings (SSSR count). The first-order valence-electron chi connectivity index (χ1n) is 7.88. The minimum atomic E-state index is 1.14. The van der Waals surface area contributed by atoms with Gasteiger partial charge in [0.15, 0.2) is 0 Å². The smallest absolute Gasteiger partial charge is 0.0133 e. The van der Waals surface area contributed by atoms with Gasteiger partial charge in [0.05, 0.1) is 0 Å². The summed E-state index contributed by atoms with van der Waals surface area (Å²) in [6, 6.07) is 17.5. The first kappa shape index (κ1) is 15.4. The molecule has 2 aromatic rings. The molecule has 0 heteroatoms. The molecule has 0 nitrogen and oxygen atoms in total. The maximum absolute atomic E-state index is 3.60. The van der Waals surface area contributed by atoms with Crippen molar-refractivity contribution in [2.75, 3.05) is 0 Å². The maximum atomic E-state index is 3.60. The van der Waals surface area contributed by atoms with E-state index >= 15 is 0 Å². The molecule has 21 heavy (non-hydrogen) atoms. The first-order valence-corrected chi connectivity index (χ1v) is 7.88. The fraction of sp³-hybridized carbons (Fsp3) is 0.286. The average molecular weight is 276 g/mol. The highest BCUT2D eigenvalue weighted by molar-refractivity contribution is 5.65. The number of hydrogen-bond acceptors (Lipinski definition) is 0. The van der Waals surface area contributed by atoms with E-state index in [0.717, 1.165) is 5.56 Å².